The largest absolute Gasteiger partial charge is 0.416 e. The van der Waals surface area contributed by atoms with E-state index in [-0.39, 0.29) is 11.7 Å². The van der Waals surface area contributed by atoms with Gasteiger partial charge in [0.05, 0.1) is 11.3 Å². The molecule has 33 heavy (non-hydrogen) atoms. The minimum Gasteiger partial charge on any atom is -0.324 e. The molecule has 1 aliphatic rings. The van der Waals surface area contributed by atoms with Crippen LogP contribution in [0.15, 0.2) is 78.9 Å². The molecular formula is C24H18ClF3N2O2S. The SMILES string of the molecule is O=C(Nc1cccc(C2SCC(=O)N2c2ccc(C(F)(F)F)cc2)c1)C(Cl)c1ccccc1. The van der Waals surface area contributed by atoms with E-state index < -0.39 is 28.4 Å². The van der Waals surface area contributed by atoms with Crippen LogP contribution in [0.4, 0.5) is 24.5 Å². The van der Waals surface area contributed by atoms with E-state index in [0.717, 1.165) is 17.7 Å². The van der Waals surface area contributed by atoms with Gasteiger partial charge in [0.15, 0.2) is 0 Å². The number of halogens is 4. The zero-order valence-electron chi connectivity index (χ0n) is 17.1. The predicted octanol–water partition coefficient (Wildman–Crippen LogP) is 6.40. The van der Waals surface area contributed by atoms with E-state index in [1.54, 1.807) is 48.5 Å². The van der Waals surface area contributed by atoms with Crippen molar-refractivity contribution in [3.63, 3.8) is 0 Å². The Morgan fingerprint density at radius 2 is 1.73 bits per heavy atom. The molecule has 4 rings (SSSR count). The van der Waals surface area contributed by atoms with Crippen molar-refractivity contribution in [1.82, 2.24) is 0 Å². The van der Waals surface area contributed by atoms with E-state index in [2.05, 4.69) is 5.32 Å². The highest BCUT2D eigenvalue weighted by Crippen LogP contribution is 2.43. The first-order valence-electron chi connectivity index (χ1n) is 9.95. The topological polar surface area (TPSA) is 49.4 Å². The molecule has 170 valence electrons. The number of benzene rings is 3. The lowest BCUT2D eigenvalue weighted by molar-refractivity contribution is -0.137. The molecule has 0 bridgehead atoms. The van der Waals surface area contributed by atoms with Crippen LogP contribution in [0.2, 0.25) is 0 Å². The number of carbonyl (C=O) groups excluding carboxylic acids is 2. The molecule has 1 N–H and O–H groups in total. The number of amides is 2. The Bertz CT molecular complexity index is 1160. The minimum atomic E-state index is -4.45. The zero-order valence-corrected chi connectivity index (χ0v) is 18.6. The van der Waals surface area contributed by atoms with E-state index in [1.165, 1.54) is 28.8 Å². The molecule has 0 saturated carbocycles. The minimum absolute atomic E-state index is 0.194. The molecular weight excluding hydrogens is 473 g/mol. The van der Waals surface area contributed by atoms with Crippen molar-refractivity contribution < 1.29 is 22.8 Å². The summed E-state index contributed by atoms with van der Waals surface area (Å²) in [5.74, 6) is -0.404. The summed E-state index contributed by atoms with van der Waals surface area (Å²) < 4.78 is 38.7. The van der Waals surface area contributed by atoms with Crippen LogP contribution in [0.5, 0.6) is 0 Å². The lowest BCUT2D eigenvalue weighted by atomic mass is 10.1. The van der Waals surface area contributed by atoms with Crippen LogP contribution in [0.25, 0.3) is 0 Å². The highest BCUT2D eigenvalue weighted by Gasteiger charge is 2.35. The molecule has 9 heteroatoms. The van der Waals surface area contributed by atoms with Crippen LogP contribution in [0.1, 0.15) is 27.4 Å². The number of hydrogen-bond donors (Lipinski definition) is 1. The molecule has 0 aromatic heterocycles. The second-order valence-corrected chi connectivity index (χ2v) is 8.86. The molecule has 0 spiro atoms. The standard InChI is InChI=1S/C24H18ClF3N2O2S/c25-21(15-5-2-1-3-6-15)22(32)29-18-8-4-7-16(13-18)23-30(20(31)14-33-23)19-11-9-17(10-12-19)24(26,27)28/h1-13,21,23H,14H2,(H,29,32). The molecule has 1 aliphatic heterocycles. The third kappa shape index (κ3) is 5.17. The Balaban J connectivity index is 1.54. The lowest BCUT2D eigenvalue weighted by Crippen LogP contribution is -2.28. The van der Waals surface area contributed by atoms with Crippen LogP contribution in [0.3, 0.4) is 0 Å². The zero-order chi connectivity index (χ0) is 23.6. The van der Waals surface area contributed by atoms with Crippen molar-refractivity contribution in [2.45, 2.75) is 16.9 Å². The van der Waals surface area contributed by atoms with E-state index in [9.17, 15) is 22.8 Å². The molecule has 3 aromatic carbocycles. The summed E-state index contributed by atoms with van der Waals surface area (Å²) in [5.41, 5.74) is 1.50. The summed E-state index contributed by atoms with van der Waals surface area (Å²) >= 11 is 7.65. The van der Waals surface area contributed by atoms with Crippen molar-refractivity contribution in [1.29, 1.82) is 0 Å². The van der Waals surface area contributed by atoms with Crippen LogP contribution < -0.4 is 10.2 Å². The summed E-state index contributed by atoms with van der Waals surface area (Å²) in [6.07, 6.45) is -4.45. The van der Waals surface area contributed by atoms with Gasteiger partial charge in [-0.2, -0.15) is 13.2 Å². The number of alkyl halides is 4. The third-order valence-electron chi connectivity index (χ3n) is 5.10. The molecule has 2 unspecified atom stereocenters. The molecule has 2 atom stereocenters. The number of nitrogens with one attached hydrogen (secondary N) is 1. The monoisotopic (exact) mass is 490 g/mol. The quantitative estimate of drug-likeness (QED) is 0.421. The number of rotatable bonds is 5. The Morgan fingerprint density at radius 1 is 1.03 bits per heavy atom. The highest BCUT2D eigenvalue weighted by atomic mass is 35.5. The van der Waals surface area contributed by atoms with E-state index in [0.29, 0.717) is 16.9 Å². The van der Waals surface area contributed by atoms with Gasteiger partial charge < -0.3 is 5.32 Å². The van der Waals surface area contributed by atoms with E-state index in [4.69, 9.17) is 11.6 Å². The summed E-state index contributed by atoms with van der Waals surface area (Å²) in [4.78, 5) is 26.6. The fourth-order valence-corrected chi connectivity index (χ4v) is 4.88. The normalized spacial score (nSPS) is 17.2. The van der Waals surface area contributed by atoms with Gasteiger partial charge in [0.2, 0.25) is 11.8 Å². The maximum Gasteiger partial charge on any atom is 0.416 e. The molecule has 0 aliphatic carbocycles. The van der Waals surface area contributed by atoms with Crippen molar-refractivity contribution in [3.05, 3.63) is 95.6 Å². The van der Waals surface area contributed by atoms with Crippen LogP contribution in [-0.4, -0.2) is 17.6 Å². The molecule has 1 saturated heterocycles. The van der Waals surface area contributed by atoms with Gasteiger partial charge in [0.25, 0.3) is 0 Å². The summed E-state index contributed by atoms with van der Waals surface area (Å²) in [6, 6.07) is 20.4. The van der Waals surface area contributed by atoms with E-state index >= 15 is 0 Å². The van der Waals surface area contributed by atoms with Gasteiger partial charge in [-0.3, -0.25) is 14.5 Å². The first-order valence-corrected chi connectivity index (χ1v) is 11.4. The number of nitrogens with zero attached hydrogens (tertiary/aromatic N) is 1. The average Bonchev–Trinajstić information content (AvgIpc) is 3.20. The third-order valence-corrected chi connectivity index (χ3v) is 6.76. The first-order chi connectivity index (χ1) is 15.7. The summed E-state index contributed by atoms with van der Waals surface area (Å²) in [7, 11) is 0. The highest BCUT2D eigenvalue weighted by molar-refractivity contribution is 8.00. The van der Waals surface area contributed by atoms with Gasteiger partial charge in [-0.15, -0.1) is 23.4 Å². The van der Waals surface area contributed by atoms with Crippen LogP contribution in [-0.2, 0) is 15.8 Å². The molecule has 3 aromatic rings. The molecule has 2 amide bonds. The number of hydrogen-bond acceptors (Lipinski definition) is 3. The van der Waals surface area contributed by atoms with Crippen molar-refractivity contribution in [3.8, 4) is 0 Å². The second kappa shape index (κ2) is 9.49. The Hall–Kier alpha value is -2.97. The van der Waals surface area contributed by atoms with Crippen molar-refractivity contribution in [2.75, 3.05) is 16.0 Å². The Kier molecular flexibility index (Phi) is 6.67. The second-order valence-electron chi connectivity index (χ2n) is 7.36. The van der Waals surface area contributed by atoms with Gasteiger partial charge >= 0.3 is 6.18 Å². The molecule has 1 fully saturated rings. The van der Waals surface area contributed by atoms with Gasteiger partial charge in [-0.1, -0.05) is 42.5 Å². The molecule has 4 nitrogen and oxygen atoms in total. The van der Waals surface area contributed by atoms with Crippen LogP contribution >= 0.6 is 23.4 Å². The lowest BCUT2D eigenvalue weighted by Gasteiger charge is -2.25. The van der Waals surface area contributed by atoms with Gasteiger partial charge in [0, 0.05) is 11.4 Å². The fraction of sp³-hybridized carbons (Fsp3) is 0.167. The van der Waals surface area contributed by atoms with Gasteiger partial charge in [-0.25, -0.2) is 0 Å². The maximum absolute atomic E-state index is 12.9. The molecule has 0 radical (unpaired) electrons. The summed E-state index contributed by atoms with van der Waals surface area (Å²) in [5, 5.41) is 1.47. The Labute approximate surface area is 197 Å². The smallest absolute Gasteiger partial charge is 0.324 e. The first kappa shape index (κ1) is 23.2. The number of anilines is 2. The van der Waals surface area contributed by atoms with Gasteiger partial charge in [0.1, 0.15) is 10.8 Å². The van der Waals surface area contributed by atoms with Crippen LogP contribution in [0, 0.1) is 0 Å². The summed E-state index contributed by atoms with van der Waals surface area (Å²) in [6.45, 7) is 0. The van der Waals surface area contributed by atoms with Crippen molar-refractivity contribution >= 4 is 46.6 Å². The number of thioether (sulfide) groups is 1. The Morgan fingerprint density at radius 3 is 2.39 bits per heavy atom. The van der Waals surface area contributed by atoms with Gasteiger partial charge in [-0.05, 0) is 47.5 Å². The fourth-order valence-electron chi connectivity index (χ4n) is 3.51. The maximum atomic E-state index is 12.9. The van der Waals surface area contributed by atoms with E-state index in [1.807, 2.05) is 6.07 Å². The average molecular weight is 491 g/mol. The predicted molar refractivity (Wildman–Crippen MR) is 124 cm³/mol. The number of carbonyl (C=O) groups is 2. The molecule has 1 heterocycles. The van der Waals surface area contributed by atoms with Crippen molar-refractivity contribution in [2.24, 2.45) is 0 Å².